The zero-order valence-corrected chi connectivity index (χ0v) is 13.8. The second kappa shape index (κ2) is 6.47. The second-order valence-electron chi connectivity index (χ2n) is 4.93. The number of H-pyrrole nitrogens is 1. The van der Waals surface area contributed by atoms with Crippen molar-refractivity contribution in [2.45, 2.75) is 19.9 Å². The SMILES string of the molecule is Cc1n[nH]cc1-c1cc2c(ccn2C)nc1[C@H](C)N.Cl.Cl. The number of nitrogens with one attached hydrogen (secondary N) is 1. The molecule has 3 aromatic rings. The zero-order valence-electron chi connectivity index (χ0n) is 12.1. The number of hydrogen-bond donors (Lipinski definition) is 2. The highest BCUT2D eigenvalue weighted by Gasteiger charge is 2.16. The van der Waals surface area contributed by atoms with E-state index in [1.165, 1.54) is 0 Å². The Kier molecular flexibility index (Phi) is 5.39. The summed E-state index contributed by atoms with van der Waals surface area (Å²) in [7, 11) is 2.02. The number of hydrogen-bond acceptors (Lipinski definition) is 3. The monoisotopic (exact) mass is 327 g/mol. The van der Waals surface area contributed by atoms with Crippen LogP contribution in [0, 0.1) is 6.92 Å². The van der Waals surface area contributed by atoms with Crippen molar-refractivity contribution >= 4 is 35.8 Å². The van der Waals surface area contributed by atoms with Crippen LogP contribution in [0.25, 0.3) is 22.2 Å². The van der Waals surface area contributed by atoms with E-state index >= 15 is 0 Å². The first-order chi connectivity index (χ1) is 9.08. The van der Waals surface area contributed by atoms with Crippen LogP contribution in [0.4, 0.5) is 0 Å². The van der Waals surface area contributed by atoms with Crippen LogP contribution in [-0.4, -0.2) is 19.7 Å². The molecule has 0 radical (unpaired) electrons. The number of pyridine rings is 1. The van der Waals surface area contributed by atoms with Gasteiger partial charge in [-0.1, -0.05) is 0 Å². The smallest absolute Gasteiger partial charge is 0.0885 e. The molecular formula is C14H19Cl2N5. The van der Waals surface area contributed by atoms with Crippen molar-refractivity contribution in [1.29, 1.82) is 0 Å². The van der Waals surface area contributed by atoms with E-state index in [0.29, 0.717) is 0 Å². The molecule has 3 rings (SSSR count). The Labute approximate surface area is 135 Å². The molecule has 3 heterocycles. The van der Waals surface area contributed by atoms with Gasteiger partial charge in [-0.05, 0) is 26.0 Å². The summed E-state index contributed by atoms with van der Waals surface area (Å²) in [5.74, 6) is 0. The predicted octanol–water partition coefficient (Wildman–Crippen LogP) is 3.14. The lowest BCUT2D eigenvalue weighted by atomic mass is 10.0. The molecule has 0 amide bonds. The molecule has 1 atom stereocenters. The Bertz CT molecular complexity index is 745. The fourth-order valence-corrected chi connectivity index (χ4v) is 2.39. The third-order valence-electron chi connectivity index (χ3n) is 3.45. The van der Waals surface area contributed by atoms with Gasteiger partial charge in [0, 0.05) is 36.6 Å². The van der Waals surface area contributed by atoms with Gasteiger partial charge in [0.2, 0.25) is 0 Å². The molecule has 0 fully saturated rings. The summed E-state index contributed by atoms with van der Waals surface area (Å²) in [6.07, 6.45) is 3.90. The van der Waals surface area contributed by atoms with Crippen LogP contribution < -0.4 is 5.73 Å². The fourth-order valence-electron chi connectivity index (χ4n) is 2.39. The summed E-state index contributed by atoms with van der Waals surface area (Å²) in [6.45, 7) is 3.93. The van der Waals surface area contributed by atoms with E-state index in [0.717, 1.165) is 33.5 Å². The van der Waals surface area contributed by atoms with Crippen molar-refractivity contribution in [1.82, 2.24) is 19.7 Å². The highest BCUT2D eigenvalue weighted by molar-refractivity contribution is 5.86. The lowest BCUT2D eigenvalue weighted by Crippen LogP contribution is -2.09. The molecule has 0 spiro atoms. The normalized spacial score (nSPS) is 11.8. The van der Waals surface area contributed by atoms with E-state index in [9.17, 15) is 0 Å². The maximum absolute atomic E-state index is 6.07. The van der Waals surface area contributed by atoms with Crippen molar-refractivity contribution in [3.63, 3.8) is 0 Å². The van der Waals surface area contributed by atoms with E-state index in [2.05, 4.69) is 20.8 Å². The highest BCUT2D eigenvalue weighted by Crippen LogP contribution is 2.30. The Morgan fingerprint density at radius 3 is 2.57 bits per heavy atom. The molecule has 0 aliphatic carbocycles. The van der Waals surface area contributed by atoms with Gasteiger partial charge in [-0.25, -0.2) is 4.98 Å². The molecule has 0 aliphatic rings. The van der Waals surface area contributed by atoms with Gasteiger partial charge < -0.3 is 10.3 Å². The summed E-state index contributed by atoms with van der Waals surface area (Å²) < 4.78 is 2.06. The molecule has 21 heavy (non-hydrogen) atoms. The van der Waals surface area contributed by atoms with Gasteiger partial charge in [0.1, 0.15) is 0 Å². The van der Waals surface area contributed by atoms with Crippen molar-refractivity contribution in [3.05, 3.63) is 35.9 Å². The van der Waals surface area contributed by atoms with Crippen LogP contribution >= 0.6 is 24.8 Å². The summed E-state index contributed by atoms with van der Waals surface area (Å²) in [6, 6.07) is 4.03. The Morgan fingerprint density at radius 2 is 2.00 bits per heavy atom. The Morgan fingerprint density at radius 1 is 1.29 bits per heavy atom. The van der Waals surface area contributed by atoms with Gasteiger partial charge in [-0.3, -0.25) is 5.10 Å². The van der Waals surface area contributed by atoms with Crippen LogP contribution in [0.15, 0.2) is 24.5 Å². The average molecular weight is 328 g/mol. The van der Waals surface area contributed by atoms with E-state index in [-0.39, 0.29) is 30.9 Å². The van der Waals surface area contributed by atoms with Crippen LogP contribution in [0.1, 0.15) is 24.4 Å². The fraction of sp³-hybridized carbons (Fsp3) is 0.286. The van der Waals surface area contributed by atoms with Crippen LogP contribution in [0.5, 0.6) is 0 Å². The summed E-state index contributed by atoms with van der Waals surface area (Å²) in [5, 5.41) is 7.08. The number of aromatic amines is 1. The molecule has 0 saturated heterocycles. The molecule has 0 saturated carbocycles. The molecule has 3 N–H and O–H groups in total. The number of rotatable bonds is 2. The molecule has 3 aromatic heterocycles. The van der Waals surface area contributed by atoms with Crippen molar-refractivity contribution in [2.24, 2.45) is 12.8 Å². The molecular weight excluding hydrogens is 309 g/mol. The first-order valence-electron chi connectivity index (χ1n) is 6.30. The average Bonchev–Trinajstić information content (AvgIpc) is 2.95. The molecule has 0 unspecified atom stereocenters. The third kappa shape index (κ3) is 2.90. The summed E-state index contributed by atoms with van der Waals surface area (Å²) >= 11 is 0. The minimum atomic E-state index is -0.117. The number of aryl methyl sites for hydroxylation is 2. The minimum absolute atomic E-state index is 0. The maximum Gasteiger partial charge on any atom is 0.0885 e. The molecule has 5 nitrogen and oxygen atoms in total. The quantitative estimate of drug-likeness (QED) is 0.759. The number of nitrogens with two attached hydrogens (primary N) is 1. The van der Waals surface area contributed by atoms with E-state index in [1.54, 1.807) is 0 Å². The van der Waals surface area contributed by atoms with Crippen molar-refractivity contribution in [2.75, 3.05) is 0 Å². The first kappa shape index (κ1) is 17.5. The van der Waals surface area contributed by atoms with Crippen molar-refractivity contribution in [3.8, 4) is 11.1 Å². The maximum atomic E-state index is 6.07. The van der Waals surface area contributed by atoms with E-state index in [1.807, 2.05) is 39.4 Å². The number of aromatic nitrogens is 4. The third-order valence-corrected chi connectivity index (χ3v) is 3.45. The minimum Gasteiger partial charge on any atom is -0.349 e. The predicted molar refractivity (Wildman–Crippen MR) is 90.1 cm³/mol. The molecule has 0 bridgehead atoms. The summed E-state index contributed by atoms with van der Waals surface area (Å²) in [5.41, 5.74) is 12.1. The molecule has 0 aliphatic heterocycles. The van der Waals surface area contributed by atoms with E-state index in [4.69, 9.17) is 10.7 Å². The van der Waals surface area contributed by atoms with Crippen LogP contribution in [-0.2, 0) is 7.05 Å². The van der Waals surface area contributed by atoms with Gasteiger partial charge in [0.05, 0.1) is 22.4 Å². The molecule has 7 heteroatoms. The lowest BCUT2D eigenvalue weighted by Gasteiger charge is -2.12. The Balaban J connectivity index is 0.00000110. The van der Waals surface area contributed by atoms with Crippen LogP contribution in [0.3, 0.4) is 0 Å². The van der Waals surface area contributed by atoms with Gasteiger partial charge in [-0.2, -0.15) is 5.10 Å². The van der Waals surface area contributed by atoms with Gasteiger partial charge in [0.15, 0.2) is 0 Å². The first-order valence-corrected chi connectivity index (χ1v) is 6.30. The lowest BCUT2D eigenvalue weighted by molar-refractivity contribution is 0.789. The van der Waals surface area contributed by atoms with E-state index < -0.39 is 0 Å². The topological polar surface area (TPSA) is 72.5 Å². The standard InChI is InChI=1S/C14H17N5.2ClH/c1-8(15)14-10(11-7-16-18-9(11)2)6-13-12(17-14)4-5-19(13)3;;/h4-8H,15H2,1-3H3,(H,16,18);2*1H/t8-;;/m0../s1. The number of nitrogens with zero attached hydrogens (tertiary/aromatic N) is 3. The number of fused-ring (bicyclic) bond motifs is 1. The van der Waals surface area contributed by atoms with Crippen molar-refractivity contribution < 1.29 is 0 Å². The molecule has 114 valence electrons. The highest BCUT2D eigenvalue weighted by atomic mass is 35.5. The Hall–Kier alpha value is -1.56. The molecule has 0 aromatic carbocycles. The van der Waals surface area contributed by atoms with Gasteiger partial charge in [0.25, 0.3) is 0 Å². The van der Waals surface area contributed by atoms with Crippen LogP contribution in [0.2, 0.25) is 0 Å². The largest absolute Gasteiger partial charge is 0.349 e. The summed E-state index contributed by atoms with van der Waals surface area (Å²) in [4.78, 5) is 4.71. The van der Waals surface area contributed by atoms with Gasteiger partial charge >= 0.3 is 0 Å². The second-order valence-corrected chi connectivity index (χ2v) is 4.93. The zero-order chi connectivity index (χ0) is 13.6. The van der Waals surface area contributed by atoms with Gasteiger partial charge in [-0.15, -0.1) is 24.8 Å². The number of halogens is 2.